The molecule has 2 heterocycles. The number of thiocarbonyl (C=S) groups is 1. The van der Waals surface area contributed by atoms with E-state index < -0.39 is 224 Å². The van der Waals surface area contributed by atoms with E-state index in [1.165, 1.54) is 36.3 Å². The maximum atomic E-state index is 15.1. The van der Waals surface area contributed by atoms with Gasteiger partial charge in [-0.15, -0.1) is 11.3 Å². The Morgan fingerprint density at radius 1 is 0.612 bits per heavy atom. The molecule has 43 nitrogen and oxygen atoms in total. The average Bonchev–Trinajstić information content (AvgIpc) is 1.24. The number of carboxylic acids is 5. The number of likely N-dealkylation sites (tertiary alicyclic amines) is 1. The summed E-state index contributed by atoms with van der Waals surface area (Å²) >= 11 is 6.04. The first kappa shape index (κ1) is 112. The molecule has 5 rings (SSSR count). The van der Waals surface area contributed by atoms with Gasteiger partial charge in [0, 0.05) is 99.8 Å². The van der Waals surface area contributed by atoms with Crippen molar-refractivity contribution in [2.75, 3.05) is 51.5 Å². The van der Waals surface area contributed by atoms with Gasteiger partial charge in [0.25, 0.3) is 5.91 Å². The Labute approximate surface area is 791 Å². The van der Waals surface area contributed by atoms with Crippen molar-refractivity contribution in [3.8, 4) is 5.75 Å². The van der Waals surface area contributed by atoms with Gasteiger partial charge in [-0.3, -0.25) is 77.4 Å². The van der Waals surface area contributed by atoms with Crippen molar-refractivity contribution in [2.45, 2.75) is 230 Å². The first-order valence-electron chi connectivity index (χ1n) is 43.5. The van der Waals surface area contributed by atoms with Crippen LogP contribution in [0.25, 0.3) is 0 Å². The van der Waals surface area contributed by atoms with E-state index in [0.29, 0.717) is 42.5 Å². The Balaban J connectivity index is 1.14. The molecule has 1 unspecified atom stereocenters. The number of aromatic hydroxyl groups is 1. The fraction of sp³-hybridized carbons (Fsp3) is 0.540. The Morgan fingerprint density at radius 2 is 1.20 bits per heavy atom. The third kappa shape index (κ3) is 41.0. The van der Waals surface area contributed by atoms with E-state index in [0.717, 1.165) is 45.8 Å². The summed E-state index contributed by atoms with van der Waals surface area (Å²) in [5, 5.41) is 84.5. The van der Waals surface area contributed by atoms with Crippen LogP contribution in [0.3, 0.4) is 0 Å². The molecule has 736 valence electrons. The highest BCUT2D eigenvalue weighted by Crippen LogP contribution is 2.33. The van der Waals surface area contributed by atoms with Crippen molar-refractivity contribution in [3.63, 3.8) is 0 Å². The van der Waals surface area contributed by atoms with E-state index in [2.05, 4.69) is 69.0 Å². The number of rotatable bonds is 58. The number of aliphatic carboxylic acids is 5. The highest BCUT2D eigenvalue weighted by Gasteiger charge is 2.41. The maximum Gasteiger partial charge on any atom is 0.426 e. The SMILES string of the molecule is CCCC(=O)OCN(C(=O)[C@@H](NC(=O)[C@H]1CCCCN1C)C(C)CC)[C@H](C[C@H](OC(C)=O)c1nc(C(=O)N[C@@H](Cc2ccc(O)cc2)C[C@H](C)C(=O)NNC(=O)OCCSSC[C@@H](NC(=O)[C@H](CC(=O)O)NC(=O)[C@@H](N)CNC(=O)[C@H](Cc2ccccc2)NC(=O)[C@H](Cc2ccccc2)NC(=O)CCNC(=O)CC[C@H](NC(=S)N[C@@H](CCC(=O)O)C(=O)O)C(=O)O)C(=O)O)cs1)C(C)C. The van der Waals surface area contributed by atoms with Crippen molar-refractivity contribution in [1.82, 2.24) is 78.8 Å². The number of carboxylic acid groups (broad SMARTS) is 5. The van der Waals surface area contributed by atoms with Crippen molar-refractivity contribution in [3.05, 3.63) is 118 Å². The van der Waals surface area contributed by atoms with Crippen LogP contribution < -0.4 is 69.8 Å². The number of piperidine rings is 1. The lowest BCUT2D eigenvalue weighted by Gasteiger charge is -2.39. The quantitative estimate of drug-likeness (QED) is 0.00574. The summed E-state index contributed by atoms with van der Waals surface area (Å²) in [7, 11) is 3.74. The Bertz CT molecular complexity index is 4640. The molecular formula is C87H122N16O27S4. The second-order valence-electron chi connectivity index (χ2n) is 32.3. The highest BCUT2D eigenvalue weighted by atomic mass is 33.1. The summed E-state index contributed by atoms with van der Waals surface area (Å²) in [5.41, 5.74) is 12.2. The molecule has 0 radical (unpaired) electrons. The summed E-state index contributed by atoms with van der Waals surface area (Å²) in [6.07, 6.45) is -2.33. The molecule has 14 atom stereocenters. The lowest BCUT2D eigenvalue weighted by Crippen LogP contribution is -2.59. The normalized spacial score (nSPS) is 15.3. The minimum atomic E-state index is -1.93. The number of nitrogens with two attached hydrogens (primary N) is 1. The minimum Gasteiger partial charge on any atom is -0.508 e. The second kappa shape index (κ2) is 58.6. The van der Waals surface area contributed by atoms with Gasteiger partial charge in [0.2, 0.25) is 53.2 Å². The number of thiazole rings is 1. The number of ether oxygens (including phenoxy) is 3. The molecule has 1 saturated heterocycles. The summed E-state index contributed by atoms with van der Waals surface area (Å²) in [6, 6.07) is 8.56. The number of carbonyl (C=O) groups is 18. The van der Waals surface area contributed by atoms with Gasteiger partial charge in [0.1, 0.15) is 71.4 Å². The molecule has 0 spiro atoms. The second-order valence-corrected chi connectivity index (χ2v) is 36.2. The molecule has 3 aromatic carbocycles. The Hall–Kier alpha value is -12.3. The van der Waals surface area contributed by atoms with Crippen LogP contribution >= 0.6 is 45.1 Å². The fourth-order valence-electron chi connectivity index (χ4n) is 13.7. The van der Waals surface area contributed by atoms with E-state index in [1.807, 2.05) is 39.6 Å². The van der Waals surface area contributed by atoms with Gasteiger partial charge in [0.15, 0.2) is 17.9 Å². The average molecular weight is 1950 g/mol. The fourth-order valence-corrected chi connectivity index (χ4v) is 16.8. The molecule has 0 bridgehead atoms. The summed E-state index contributed by atoms with van der Waals surface area (Å²) in [6.45, 7) is 10.9. The first-order chi connectivity index (χ1) is 63.6. The van der Waals surface area contributed by atoms with Gasteiger partial charge in [-0.1, -0.05) is 149 Å². The van der Waals surface area contributed by atoms with Crippen LogP contribution in [-0.2, 0) is 110 Å². The van der Waals surface area contributed by atoms with Crippen LogP contribution in [0.5, 0.6) is 5.75 Å². The van der Waals surface area contributed by atoms with Gasteiger partial charge in [-0.25, -0.2) is 29.6 Å². The number of hydrazine groups is 1. The van der Waals surface area contributed by atoms with Gasteiger partial charge < -0.3 is 109 Å². The smallest absolute Gasteiger partial charge is 0.426 e. The number of hydrogen-bond acceptors (Lipinski definition) is 29. The number of aromatic nitrogens is 1. The molecule has 20 N–H and O–H groups in total. The zero-order chi connectivity index (χ0) is 99.3. The van der Waals surface area contributed by atoms with Gasteiger partial charge >= 0.3 is 47.9 Å². The minimum absolute atomic E-state index is 0.0105. The summed E-state index contributed by atoms with van der Waals surface area (Å²) in [5.74, 6) is -18.6. The number of amides is 11. The van der Waals surface area contributed by atoms with Crippen LogP contribution in [0.1, 0.15) is 177 Å². The lowest BCUT2D eigenvalue weighted by atomic mass is 9.92. The molecule has 47 heteroatoms. The Morgan fingerprint density at radius 3 is 1.78 bits per heavy atom. The number of likely N-dealkylation sites (N-methyl/N-ethyl adjacent to an activating group) is 1. The molecule has 134 heavy (non-hydrogen) atoms. The number of hydrogen-bond donors (Lipinski definition) is 19. The molecule has 11 amide bonds. The van der Waals surface area contributed by atoms with Crippen molar-refractivity contribution >= 4 is 157 Å². The number of phenolic OH excluding ortho intramolecular Hbond substituents is 1. The van der Waals surface area contributed by atoms with E-state index in [1.54, 1.807) is 79.7 Å². The third-order valence-electron chi connectivity index (χ3n) is 21.3. The van der Waals surface area contributed by atoms with Crippen LogP contribution in [0.4, 0.5) is 4.79 Å². The van der Waals surface area contributed by atoms with Crippen molar-refractivity contribution in [1.29, 1.82) is 0 Å². The van der Waals surface area contributed by atoms with Crippen molar-refractivity contribution < 1.29 is 131 Å². The largest absolute Gasteiger partial charge is 0.508 e. The lowest BCUT2D eigenvalue weighted by molar-refractivity contribution is -0.161. The number of carbonyl (C=O) groups excluding carboxylic acids is 13. The third-order valence-corrected chi connectivity index (χ3v) is 24.8. The maximum absolute atomic E-state index is 15.1. The molecule has 1 aromatic heterocycles. The van der Waals surface area contributed by atoms with Crippen LogP contribution in [0.2, 0.25) is 0 Å². The molecule has 0 saturated carbocycles. The standard InChI is InChI=1S/C87H122N16O27S4/c1-9-19-72(112)129-47-103(82(120)73(49(5)10-2)99-80(119)65-24-17-18-35-102(65)8)66(48(3)4)43-67(130-51(7)104)81-96-63(45-132-81)79(118)91-55(39-54-25-27-56(105)28-26-54)38-50(6)74(113)100-101-87(127)128-36-37-133-134-46-64(85(125)126)95-78(117)62(42-71(110)111)93-75(114)57(88)44-90-76(115)60(40-52-20-13-11-14-21-52)94-77(116)61(41-53-22-15-12-16-23-53)92-69(107)33-34-89-68(106)31-29-58(83(121)122)97-86(131)98-59(84(123)124)30-32-70(108)109/h11-16,20-23,25-28,45,48-50,55,57-62,64-67,73,105H,9-10,17-19,24,29-44,46-47,88H2,1-8H3,(H,89,106)(H,90,115)(H,91,118)(H,92,107)(H,93,114)(H,94,116)(H,95,117)(H,99,119)(H,100,113)(H,101,127)(H,108,109)(H,110,111)(H,121,122)(H,123,124)(H,125,126)(H2,97,98,131)/t49?,50-,55+,57-,58-,59-,60-,61-,62-,64+,65+,66+,67-,73-/m0/s1. The zero-order valence-electron chi connectivity index (χ0n) is 75.6. The first-order valence-corrected chi connectivity index (χ1v) is 47.3. The van der Waals surface area contributed by atoms with E-state index >= 15 is 4.79 Å². The predicted molar refractivity (Wildman–Crippen MR) is 493 cm³/mol. The summed E-state index contributed by atoms with van der Waals surface area (Å²) < 4.78 is 16.8. The topological polar surface area (TPSA) is 646 Å². The highest BCUT2D eigenvalue weighted by molar-refractivity contribution is 8.76. The Kier molecular flexibility index (Phi) is 49.1. The molecule has 1 aliphatic rings. The number of esters is 2. The number of nitrogens with zero attached hydrogens (tertiary/aromatic N) is 3. The van der Waals surface area contributed by atoms with E-state index in [9.17, 15) is 107 Å². The van der Waals surface area contributed by atoms with E-state index in [4.69, 9.17) is 37.3 Å². The summed E-state index contributed by atoms with van der Waals surface area (Å²) in [4.78, 5) is 245. The van der Waals surface area contributed by atoms with Gasteiger partial charge in [-0.05, 0) is 111 Å². The van der Waals surface area contributed by atoms with Gasteiger partial charge in [-0.2, -0.15) is 0 Å². The molecule has 1 fully saturated rings. The predicted octanol–water partition coefficient (Wildman–Crippen LogP) is 2.47. The van der Waals surface area contributed by atoms with Crippen LogP contribution in [0.15, 0.2) is 90.3 Å². The van der Waals surface area contributed by atoms with E-state index in [-0.39, 0.29) is 110 Å². The molecule has 0 aliphatic carbocycles. The number of benzene rings is 3. The molecular weight excluding hydrogens is 1830 g/mol. The zero-order valence-corrected chi connectivity index (χ0v) is 78.9. The van der Waals surface area contributed by atoms with Crippen LogP contribution in [0, 0.1) is 17.8 Å². The van der Waals surface area contributed by atoms with Gasteiger partial charge in [0.05, 0.1) is 12.5 Å². The van der Waals surface area contributed by atoms with Crippen molar-refractivity contribution in [2.24, 2.45) is 23.5 Å². The molecule has 1 aliphatic heterocycles. The number of phenols is 1. The van der Waals surface area contributed by atoms with Crippen LogP contribution in [-0.4, -0.2) is 275 Å². The number of nitrogens with one attached hydrogen (secondary N) is 12. The monoisotopic (exact) mass is 1950 g/mol. The molecule has 4 aromatic rings.